The number of aromatic nitrogens is 2. The minimum atomic E-state index is -4.55. The van der Waals surface area contributed by atoms with Gasteiger partial charge in [-0.3, -0.25) is 4.52 Å². The first kappa shape index (κ1) is 17.8. The van der Waals surface area contributed by atoms with Gasteiger partial charge in [-0.2, -0.15) is 0 Å². The summed E-state index contributed by atoms with van der Waals surface area (Å²) in [6, 6.07) is 0. The average Bonchev–Trinajstić information content (AvgIpc) is 2.78. The summed E-state index contributed by atoms with van der Waals surface area (Å²) in [6.07, 6.45) is 1.90. The summed E-state index contributed by atoms with van der Waals surface area (Å²) < 4.78 is 21.4. The Balaban J connectivity index is 2.13. The van der Waals surface area contributed by atoms with Crippen molar-refractivity contribution in [2.45, 2.75) is 38.1 Å². The molecule has 23 heavy (non-hydrogen) atoms. The predicted octanol–water partition coefficient (Wildman–Crippen LogP) is 0.335. The number of phosphoric ester groups is 1. The molecule has 0 saturated carbocycles. The monoisotopic (exact) mass is 345 g/mol. The van der Waals surface area contributed by atoms with Crippen LogP contribution in [0.3, 0.4) is 0 Å². The second-order valence-corrected chi connectivity index (χ2v) is 6.28. The number of rotatable bonds is 6. The minimum absolute atomic E-state index is 0.298. The topological polar surface area (TPSA) is 152 Å². The van der Waals surface area contributed by atoms with Gasteiger partial charge in [0.1, 0.15) is 12.0 Å². The van der Waals surface area contributed by atoms with Gasteiger partial charge in [-0.1, -0.05) is 0 Å². The summed E-state index contributed by atoms with van der Waals surface area (Å²) in [5, 5.41) is 2.91. The van der Waals surface area contributed by atoms with Crippen molar-refractivity contribution in [3.05, 3.63) is 12.0 Å². The van der Waals surface area contributed by atoms with Crippen molar-refractivity contribution in [3.63, 3.8) is 0 Å². The number of hydrogen-bond donors (Lipinski definition) is 4. The van der Waals surface area contributed by atoms with Gasteiger partial charge in [-0.15, -0.1) is 0 Å². The number of aliphatic imine (C=N–C) groups is 1. The van der Waals surface area contributed by atoms with Crippen LogP contribution in [-0.4, -0.2) is 51.5 Å². The zero-order valence-electron chi connectivity index (χ0n) is 12.8. The Hall–Kier alpha value is -1.58. The molecule has 1 aliphatic rings. The maximum Gasteiger partial charge on any atom is 0.469 e. The quantitative estimate of drug-likeness (QED) is 0.325. The first-order valence-corrected chi connectivity index (χ1v) is 8.52. The Kier molecular flexibility index (Phi) is 5.66. The van der Waals surface area contributed by atoms with Gasteiger partial charge >= 0.3 is 7.82 Å². The Morgan fingerprint density at radius 1 is 1.61 bits per heavy atom. The summed E-state index contributed by atoms with van der Waals surface area (Å²) in [5.74, 6) is 0.533. The summed E-state index contributed by atoms with van der Waals surface area (Å²) in [4.78, 5) is 30.2. The van der Waals surface area contributed by atoms with E-state index in [9.17, 15) is 4.57 Å². The number of phosphoric acid groups is 1. The van der Waals surface area contributed by atoms with Crippen molar-refractivity contribution >= 4 is 25.7 Å². The van der Waals surface area contributed by atoms with Crippen LogP contribution in [-0.2, 0) is 20.2 Å². The van der Waals surface area contributed by atoms with Gasteiger partial charge in [0.2, 0.25) is 0 Å². The second-order valence-electron chi connectivity index (χ2n) is 5.08. The van der Waals surface area contributed by atoms with Crippen LogP contribution in [0.2, 0.25) is 0 Å². The molecule has 1 aromatic heterocycles. The second kappa shape index (κ2) is 7.33. The van der Waals surface area contributed by atoms with E-state index in [-0.39, 0.29) is 6.10 Å². The normalized spacial score (nSPS) is 25.1. The Bertz CT molecular complexity index is 622. The van der Waals surface area contributed by atoms with Crippen LogP contribution in [0.4, 0.5) is 11.5 Å². The third-order valence-corrected chi connectivity index (χ3v) is 4.00. The van der Waals surface area contributed by atoms with E-state index in [1.807, 2.05) is 0 Å². The van der Waals surface area contributed by atoms with Gasteiger partial charge in [0, 0.05) is 19.9 Å². The summed E-state index contributed by atoms with van der Waals surface area (Å²) in [7, 11) is -2.84. The largest absolute Gasteiger partial charge is 0.469 e. The van der Waals surface area contributed by atoms with E-state index >= 15 is 0 Å². The molecule has 10 nitrogen and oxygen atoms in total. The van der Waals surface area contributed by atoms with Crippen LogP contribution in [0.25, 0.3) is 0 Å². The standard InChI is InChI=1S/C12H20N5O5P/c1-7-10(22-23(18,19)20)4-8(21-7)3-9-11(15-5-13)12(14-2)17-6-16-9/h5-8,10H,3-4H2,1-2H3,(H2,13,15)(H,14,16,17)(H2,18,19,20)/t7-,8+,10+/m1/s1. The minimum Gasteiger partial charge on any atom is -0.390 e. The number of nitrogens with two attached hydrogens (primary N) is 1. The molecule has 3 atom stereocenters. The first-order valence-electron chi connectivity index (χ1n) is 6.99. The van der Waals surface area contributed by atoms with Crippen molar-refractivity contribution < 1.29 is 23.6 Å². The van der Waals surface area contributed by atoms with E-state index in [2.05, 4.69) is 20.3 Å². The lowest BCUT2D eigenvalue weighted by Gasteiger charge is -2.14. The van der Waals surface area contributed by atoms with Crippen molar-refractivity contribution in [2.24, 2.45) is 10.7 Å². The molecule has 0 aliphatic carbocycles. The van der Waals surface area contributed by atoms with Gasteiger partial charge in [0.25, 0.3) is 0 Å². The molecule has 2 heterocycles. The fourth-order valence-corrected chi connectivity index (χ4v) is 3.12. The highest BCUT2D eigenvalue weighted by Crippen LogP contribution is 2.42. The van der Waals surface area contributed by atoms with Crippen LogP contribution >= 0.6 is 7.82 Å². The fraction of sp³-hybridized carbons (Fsp3) is 0.583. The summed E-state index contributed by atoms with van der Waals surface area (Å²) in [5.41, 5.74) is 6.49. The Labute approximate surface area is 133 Å². The van der Waals surface area contributed by atoms with Gasteiger partial charge in [0.05, 0.1) is 30.3 Å². The molecule has 1 aromatic rings. The molecule has 1 saturated heterocycles. The average molecular weight is 345 g/mol. The lowest BCUT2D eigenvalue weighted by molar-refractivity contribution is 0.0209. The van der Waals surface area contributed by atoms with Gasteiger partial charge in [-0.25, -0.2) is 19.5 Å². The number of hydrogen-bond acceptors (Lipinski definition) is 7. The Morgan fingerprint density at radius 2 is 2.35 bits per heavy atom. The molecule has 1 aliphatic heterocycles. The van der Waals surface area contributed by atoms with E-state index < -0.39 is 20.0 Å². The molecule has 2 rings (SSSR count). The molecule has 0 unspecified atom stereocenters. The summed E-state index contributed by atoms with van der Waals surface area (Å²) in [6.45, 7) is 1.71. The number of nitrogens with zero attached hydrogens (tertiary/aromatic N) is 3. The number of anilines is 1. The molecule has 0 spiro atoms. The van der Waals surface area contributed by atoms with Crippen molar-refractivity contribution in [3.8, 4) is 0 Å². The molecule has 0 aromatic carbocycles. The van der Waals surface area contributed by atoms with E-state index in [4.69, 9.17) is 24.8 Å². The molecule has 128 valence electrons. The lowest BCUT2D eigenvalue weighted by atomic mass is 10.1. The highest BCUT2D eigenvalue weighted by atomic mass is 31.2. The lowest BCUT2D eigenvalue weighted by Crippen LogP contribution is -2.19. The fourth-order valence-electron chi connectivity index (χ4n) is 2.51. The summed E-state index contributed by atoms with van der Waals surface area (Å²) >= 11 is 0. The van der Waals surface area contributed by atoms with Crippen molar-refractivity contribution in [2.75, 3.05) is 12.4 Å². The predicted molar refractivity (Wildman–Crippen MR) is 83.5 cm³/mol. The molecule has 0 amide bonds. The number of nitrogens with one attached hydrogen (secondary N) is 1. The van der Waals surface area contributed by atoms with Crippen LogP contribution in [0.5, 0.6) is 0 Å². The van der Waals surface area contributed by atoms with Crippen LogP contribution in [0.15, 0.2) is 11.3 Å². The third kappa shape index (κ3) is 4.69. The van der Waals surface area contributed by atoms with Crippen molar-refractivity contribution in [1.29, 1.82) is 0 Å². The van der Waals surface area contributed by atoms with E-state index in [0.29, 0.717) is 30.0 Å². The molecule has 11 heteroatoms. The highest BCUT2D eigenvalue weighted by Gasteiger charge is 2.37. The van der Waals surface area contributed by atoms with E-state index in [1.54, 1.807) is 14.0 Å². The zero-order valence-corrected chi connectivity index (χ0v) is 13.7. The zero-order chi connectivity index (χ0) is 17.0. The molecule has 5 N–H and O–H groups in total. The van der Waals surface area contributed by atoms with Gasteiger partial charge in [0.15, 0.2) is 5.82 Å². The maximum absolute atomic E-state index is 11.0. The van der Waals surface area contributed by atoms with Crippen molar-refractivity contribution in [1.82, 2.24) is 9.97 Å². The molecule has 0 bridgehead atoms. The van der Waals surface area contributed by atoms with Crippen LogP contribution in [0.1, 0.15) is 19.0 Å². The van der Waals surface area contributed by atoms with Crippen LogP contribution < -0.4 is 11.1 Å². The first-order chi connectivity index (χ1) is 10.8. The molecular weight excluding hydrogens is 325 g/mol. The highest BCUT2D eigenvalue weighted by molar-refractivity contribution is 7.46. The van der Waals surface area contributed by atoms with Gasteiger partial charge in [-0.05, 0) is 6.92 Å². The van der Waals surface area contributed by atoms with E-state index in [1.165, 1.54) is 6.33 Å². The number of ether oxygens (including phenoxy) is 1. The SMILES string of the molecule is CNc1ncnc(C[C@H]2C[C@H](OP(=O)(O)O)[C@@H](C)O2)c1/N=C\N. The Morgan fingerprint density at radius 3 is 2.96 bits per heavy atom. The van der Waals surface area contributed by atoms with Crippen LogP contribution in [0, 0.1) is 0 Å². The molecular formula is C12H20N5O5P. The van der Waals surface area contributed by atoms with Gasteiger partial charge < -0.3 is 25.6 Å². The maximum atomic E-state index is 11.0. The van der Waals surface area contributed by atoms with E-state index in [0.717, 1.165) is 6.34 Å². The smallest absolute Gasteiger partial charge is 0.390 e. The molecule has 0 radical (unpaired) electrons. The third-order valence-electron chi connectivity index (χ3n) is 3.46. The molecule has 1 fully saturated rings.